The first kappa shape index (κ1) is 17.7. The Kier molecular flexibility index (Phi) is 4.06. The number of rotatable bonds is 1. The minimum atomic E-state index is -0.137. The Labute approximate surface area is 159 Å². The highest BCUT2D eigenvalue weighted by atomic mass is 16.4. The zero-order valence-electron chi connectivity index (χ0n) is 16.6. The van der Waals surface area contributed by atoms with Gasteiger partial charge in [0.25, 0.3) is 5.91 Å². The lowest BCUT2D eigenvalue weighted by Crippen LogP contribution is -2.36. The molecule has 3 heterocycles. The molecule has 0 aliphatic carbocycles. The number of aryl methyl sites for hydroxylation is 2. The fourth-order valence-electron chi connectivity index (χ4n) is 3.56. The Morgan fingerprint density at radius 2 is 1.96 bits per heavy atom. The normalized spacial score (nSPS) is 14.5. The van der Waals surface area contributed by atoms with Crippen molar-refractivity contribution >= 4 is 16.8 Å². The molecule has 0 N–H and O–H groups in total. The summed E-state index contributed by atoms with van der Waals surface area (Å²) in [6.07, 6.45) is 0.700. The van der Waals surface area contributed by atoms with Gasteiger partial charge in [0.1, 0.15) is 11.5 Å². The van der Waals surface area contributed by atoms with Gasteiger partial charge in [-0.3, -0.25) is 9.78 Å². The minimum absolute atomic E-state index is 0.0297. The summed E-state index contributed by atoms with van der Waals surface area (Å²) in [7, 11) is 0. The summed E-state index contributed by atoms with van der Waals surface area (Å²) in [4.78, 5) is 24.5. The van der Waals surface area contributed by atoms with Crippen LogP contribution in [0.1, 0.15) is 59.7 Å². The van der Waals surface area contributed by atoms with Crippen molar-refractivity contribution in [2.75, 3.05) is 6.54 Å². The van der Waals surface area contributed by atoms with Crippen molar-refractivity contribution in [2.45, 2.75) is 53.0 Å². The Morgan fingerprint density at radius 3 is 2.70 bits per heavy atom. The lowest BCUT2D eigenvalue weighted by Gasteiger charge is -2.26. The van der Waals surface area contributed by atoms with Crippen molar-refractivity contribution in [1.29, 1.82) is 0 Å². The number of benzene rings is 1. The molecule has 0 saturated carbocycles. The first-order valence-electron chi connectivity index (χ1n) is 9.39. The molecule has 1 amide bonds. The molecule has 0 atom stereocenters. The monoisotopic (exact) mass is 363 g/mol. The summed E-state index contributed by atoms with van der Waals surface area (Å²) >= 11 is 0. The number of hydrogen-bond donors (Lipinski definition) is 0. The number of carbonyl (C=O) groups is 1. The van der Waals surface area contributed by atoms with Crippen molar-refractivity contribution in [3.63, 3.8) is 0 Å². The van der Waals surface area contributed by atoms with Crippen molar-refractivity contribution < 1.29 is 9.21 Å². The van der Waals surface area contributed by atoms with Gasteiger partial charge in [0.15, 0.2) is 5.89 Å². The van der Waals surface area contributed by atoms with Gasteiger partial charge in [-0.05, 0) is 25.5 Å². The molecule has 2 aromatic heterocycles. The van der Waals surface area contributed by atoms with Gasteiger partial charge in [-0.1, -0.05) is 39.0 Å². The van der Waals surface area contributed by atoms with Crippen LogP contribution in [0, 0.1) is 13.8 Å². The molecular formula is C22H25N3O2. The SMILES string of the molecule is Cc1cc(C(=O)N2CCc3oc(C(C)(C)C)nc3C2)c2cccc(C)c2n1. The second-order valence-electron chi connectivity index (χ2n) is 8.40. The van der Waals surface area contributed by atoms with E-state index in [1.807, 2.05) is 43.0 Å². The van der Waals surface area contributed by atoms with E-state index >= 15 is 0 Å². The van der Waals surface area contributed by atoms with Crippen LogP contribution in [0.5, 0.6) is 0 Å². The molecule has 1 aliphatic rings. The summed E-state index contributed by atoms with van der Waals surface area (Å²) in [6.45, 7) is 11.3. The maximum absolute atomic E-state index is 13.3. The number of hydrogen-bond acceptors (Lipinski definition) is 4. The lowest BCUT2D eigenvalue weighted by molar-refractivity contribution is 0.0729. The van der Waals surface area contributed by atoms with E-state index in [-0.39, 0.29) is 11.3 Å². The highest BCUT2D eigenvalue weighted by Gasteiger charge is 2.30. The Hall–Kier alpha value is -2.69. The number of fused-ring (bicyclic) bond motifs is 2. The molecule has 0 saturated heterocycles. The second kappa shape index (κ2) is 6.19. The summed E-state index contributed by atoms with van der Waals surface area (Å²) in [5.41, 5.74) is 4.29. The van der Waals surface area contributed by atoms with E-state index in [0.29, 0.717) is 25.1 Å². The fraction of sp³-hybridized carbons (Fsp3) is 0.409. The molecular weight excluding hydrogens is 338 g/mol. The van der Waals surface area contributed by atoms with Gasteiger partial charge in [0, 0.05) is 29.5 Å². The molecule has 5 heteroatoms. The first-order valence-corrected chi connectivity index (χ1v) is 9.39. The summed E-state index contributed by atoms with van der Waals surface area (Å²) in [6, 6.07) is 7.88. The molecule has 3 aromatic rings. The van der Waals surface area contributed by atoms with E-state index in [9.17, 15) is 4.79 Å². The van der Waals surface area contributed by atoms with Gasteiger partial charge in [-0.2, -0.15) is 0 Å². The van der Waals surface area contributed by atoms with E-state index in [4.69, 9.17) is 4.42 Å². The van der Waals surface area contributed by atoms with Crippen LogP contribution in [0.25, 0.3) is 10.9 Å². The molecule has 1 aliphatic heterocycles. The molecule has 0 radical (unpaired) electrons. The van der Waals surface area contributed by atoms with Crippen LogP contribution >= 0.6 is 0 Å². The van der Waals surface area contributed by atoms with Gasteiger partial charge >= 0.3 is 0 Å². The van der Waals surface area contributed by atoms with Crippen molar-refractivity contribution in [3.05, 3.63) is 58.4 Å². The number of aromatic nitrogens is 2. The smallest absolute Gasteiger partial charge is 0.254 e. The zero-order chi connectivity index (χ0) is 19.3. The number of pyridine rings is 1. The first-order chi connectivity index (χ1) is 12.7. The average molecular weight is 363 g/mol. The maximum atomic E-state index is 13.3. The predicted molar refractivity (Wildman–Crippen MR) is 105 cm³/mol. The standard InChI is InChI=1S/C22H25N3O2/c1-13-7-6-8-15-16(11-14(2)23-19(13)15)20(26)25-10-9-18-17(12-25)24-21(27-18)22(3,4)5/h6-8,11H,9-10,12H2,1-5H3. The van der Waals surface area contributed by atoms with Crippen LogP contribution in [0.2, 0.25) is 0 Å². The summed E-state index contributed by atoms with van der Waals surface area (Å²) in [5, 5.41) is 0.909. The number of oxazole rings is 1. The third kappa shape index (κ3) is 3.11. The van der Waals surface area contributed by atoms with Gasteiger partial charge in [-0.15, -0.1) is 0 Å². The molecule has 140 valence electrons. The van der Waals surface area contributed by atoms with Crippen LogP contribution in [0.4, 0.5) is 0 Å². The average Bonchev–Trinajstić information content (AvgIpc) is 3.05. The lowest BCUT2D eigenvalue weighted by atomic mass is 9.97. The van der Waals surface area contributed by atoms with Crippen LogP contribution in [0.15, 0.2) is 28.7 Å². The zero-order valence-corrected chi connectivity index (χ0v) is 16.6. The van der Waals surface area contributed by atoms with E-state index in [1.54, 1.807) is 0 Å². The minimum Gasteiger partial charge on any atom is -0.445 e. The topological polar surface area (TPSA) is 59.2 Å². The van der Waals surface area contributed by atoms with Crippen LogP contribution in [-0.2, 0) is 18.4 Å². The highest BCUT2D eigenvalue weighted by Crippen LogP contribution is 2.29. The highest BCUT2D eigenvalue weighted by molar-refractivity contribution is 6.06. The molecule has 0 spiro atoms. The van der Waals surface area contributed by atoms with Gasteiger partial charge < -0.3 is 9.32 Å². The number of carbonyl (C=O) groups excluding carboxylic acids is 1. The van der Waals surface area contributed by atoms with E-state index in [2.05, 4.69) is 30.7 Å². The second-order valence-corrected chi connectivity index (χ2v) is 8.40. The molecule has 27 heavy (non-hydrogen) atoms. The van der Waals surface area contributed by atoms with Crippen molar-refractivity contribution in [3.8, 4) is 0 Å². The van der Waals surface area contributed by atoms with Crippen molar-refractivity contribution in [1.82, 2.24) is 14.9 Å². The van der Waals surface area contributed by atoms with E-state index in [1.165, 1.54) is 0 Å². The fourth-order valence-corrected chi connectivity index (χ4v) is 3.56. The number of para-hydroxylation sites is 1. The molecule has 5 nitrogen and oxygen atoms in total. The van der Waals surface area contributed by atoms with Gasteiger partial charge in [0.05, 0.1) is 17.6 Å². The maximum Gasteiger partial charge on any atom is 0.254 e. The van der Waals surface area contributed by atoms with Gasteiger partial charge in [0.2, 0.25) is 0 Å². The van der Waals surface area contributed by atoms with E-state index in [0.717, 1.165) is 39.5 Å². The number of amides is 1. The Balaban J connectivity index is 1.70. The largest absolute Gasteiger partial charge is 0.445 e. The Morgan fingerprint density at radius 1 is 1.19 bits per heavy atom. The molecule has 0 unspecified atom stereocenters. The van der Waals surface area contributed by atoms with E-state index < -0.39 is 0 Å². The summed E-state index contributed by atoms with van der Waals surface area (Å²) in [5.74, 6) is 1.68. The number of nitrogens with zero attached hydrogens (tertiary/aromatic N) is 3. The third-order valence-corrected chi connectivity index (χ3v) is 5.06. The quantitative estimate of drug-likeness (QED) is 0.645. The van der Waals surface area contributed by atoms with Crippen molar-refractivity contribution in [2.24, 2.45) is 0 Å². The molecule has 4 rings (SSSR count). The van der Waals surface area contributed by atoms with Crippen LogP contribution < -0.4 is 0 Å². The summed E-state index contributed by atoms with van der Waals surface area (Å²) < 4.78 is 5.95. The third-order valence-electron chi connectivity index (χ3n) is 5.06. The van der Waals surface area contributed by atoms with Gasteiger partial charge in [-0.25, -0.2) is 4.98 Å². The molecule has 0 fully saturated rings. The van der Waals surface area contributed by atoms with Crippen LogP contribution in [-0.4, -0.2) is 27.3 Å². The molecule has 0 bridgehead atoms. The molecule has 1 aromatic carbocycles. The Bertz CT molecular complexity index is 1040. The van der Waals surface area contributed by atoms with Crippen LogP contribution in [0.3, 0.4) is 0 Å². The predicted octanol–water partition coefficient (Wildman–Crippen LogP) is 4.34.